The predicted molar refractivity (Wildman–Crippen MR) is 61.8 cm³/mol. The largest absolute Gasteiger partial charge is 0.338 e. The number of piperidine rings is 1. The molecule has 0 aromatic heterocycles. The van der Waals surface area contributed by atoms with E-state index in [2.05, 4.69) is 0 Å². The van der Waals surface area contributed by atoms with Crippen molar-refractivity contribution in [1.82, 2.24) is 4.90 Å². The molecule has 1 aliphatic heterocycles. The highest BCUT2D eigenvalue weighted by atomic mass is 35.5. The number of hydrogen-bond acceptors (Lipinski definition) is 2. The number of hydrogen-bond donors (Lipinski definition) is 1. The van der Waals surface area contributed by atoms with Gasteiger partial charge in [-0.1, -0.05) is 23.7 Å². The topological polar surface area (TPSA) is 46.3 Å². The fourth-order valence-electron chi connectivity index (χ4n) is 2.54. The van der Waals surface area contributed by atoms with Crippen molar-refractivity contribution in [3.05, 3.63) is 34.9 Å². The van der Waals surface area contributed by atoms with Crippen LogP contribution >= 0.6 is 11.6 Å². The Bertz CT molecular complexity index is 448. The minimum atomic E-state index is 0.0965. The molecule has 3 unspecified atom stereocenters. The van der Waals surface area contributed by atoms with Crippen molar-refractivity contribution in [1.29, 1.82) is 0 Å². The summed E-state index contributed by atoms with van der Waals surface area (Å²) in [6.45, 7) is 1.45. The minimum absolute atomic E-state index is 0.0965. The van der Waals surface area contributed by atoms with Crippen LogP contribution in [-0.2, 0) is 11.3 Å². The summed E-state index contributed by atoms with van der Waals surface area (Å²) < 4.78 is 0. The Balaban J connectivity index is 1.71. The van der Waals surface area contributed by atoms with Crippen molar-refractivity contribution in [2.24, 2.45) is 17.6 Å². The zero-order chi connectivity index (χ0) is 11.3. The standard InChI is InChI=1S/C12H13ClN2O/c13-8-3-1-2-7(4-8)5-15-6-9-10(11(9)14)12(15)16/h1-4,9-11H,5-6,14H2. The summed E-state index contributed by atoms with van der Waals surface area (Å²) in [6, 6.07) is 7.75. The first-order valence-corrected chi connectivity index (χ1v) is 5.83. The maximum Gasteiger partial charge on any atom is 0.227 e. The quantitative estimate of drug-likeness (QED) is 0.840. The van der Waals surface area contributed by atoms with E-state index in [1.54, 1.807) is 0 Å². The van der Waals surface area contributed by atoms with Gasteiger partial charge in [0.15, 0.2) is 0 Å². The summed E-state index contributed by atoms with van der Waals surface area (Å²) in [5.74, 6) is 0.698. The van der Waals surface area contributed by atoms with Gasteiger partial charge in [0, 0.05) is 30.1 Å². The fraction of sp³-hybridized carbons (Fsp3) is 0.417. The van der Waals surface area contributed by atoms with Crippen molar-refractivity contribution in [2.75, 3.05) is 6.54 Å². The van der Waals surface area contributed by atoms with Crippen molar-refractivity contribution in [3.63, 3.8) is 0 Å². The van der Waals surface area contributed by atoms with E-state index in [0.717, 1.165) is 12.1 Å². The van der Waals surface area contributed by atoms with Gasteiger partial charge in [-0.15, -0.1) is 0 Å². The zero-order valence-corrected chi connectivity index (χ0v) is 9.52. The second-order valence-electron chi connectivity index (χ2n) is 4.62. The second kappa shape index (κ2) is 3.47. The summed E-state index contributed by atoms with van der Waals surface area (Å²) >= 11 is 5.90. The molecule has 3 atom stereocenters. The molecule has 4 heteroatoms. The summed E-state index contributed by atoms with van der Waals surface area (Å²) in [7, 11) is 0. The molecule has 1 aromatic rings. The average molecular weight is 237 g/mol. The number of amides is 1. The average Bonchev–Trinajstić information content (AvgIpc) is 2.73. The van der Waals surface area contributed by atoms with Crippen LogP contribution in [0.15, 0.2) is 24.3 Å². The Labute approximate surface area is 99.2 Å². The maximum atomic E-state index is 11.9. The first kappa shape index (κ1) is 10.1. The number of fused-ring (bicyclic) bond motifs is 1. The van der Waals surface area contributed by atoms with E-state index in [-0.39, 0.29) is 17.9 Å². The van der Waals surface area contributed by atoms with Crippen LogP contribution in [0, 0.1) is 11.8 Å². The van der Waals surface area contributed by atoms with Crippen LogP contribution in [0.3, 0.4) is 0 Å². The van der Waals surface area contributed by atoms with Crippen LogP contribution in [0.2, 0.25) is 5.02 Å². The summed E-state index contributed by atoms with van der Waals surface area (Å²) in [5, 5.41) is 0.714. The molecule has 1 saturated heterocycles. The zero-order valence-electron chi connectivity index (χ0n) is 8.77. The molecule has 1 heterocycles. The van der Waals surface area contributed by atoms with E-state index in [1.165, 1.54) is 0 Å². The highest BCUT2D eigenvalue weighted by Crippen LogP contribution is 2.45. The first-order valence-electron chi connectivity index (χ1n) is 5.45. The molecule has 1 amide bonds. The number of benzene rings is 1. The van der Waals surface area contributed by atoms with Crippen LogP contribution in [-0.4, -0.2) is 23.4 Å². The Morgan fingerprint density at radius 2 is 2.31 bits per heavy atom. The van der Waals surface area contributed by atoms with Crippen LogP contribution in [0.25, 0.3) is 0 Å². The molecule has 3 rings (SSSR count). The van der Waals surface area contributed by atoms with E-state index in [9.17, 15) is 4.79 Å². The number of rotatable bonds is 2. The van der Waals surface area contributed by atoms with Gasteiger partial charge in [-0.3, -0.25) is 4.79 Å². The summed E-state index contributed by atoms with van der Waals surface area (Å²) in [5.41, 5.74) is 6.85. The molecule has 0 radical (unpaired) electrons. The number of carbonyl (C=O) groups excluding carboxylic acids is 1. The van der Waals surface area contributed by atoms with Crippen molar-refractivity contribution in [3.8, 4) is 0 Å². The molecular formula is C12H13ClN2O. The maximum absolute atomic E-state index is 11.9. The number of nitrogens with two attached hydrogens (primary N) is 1. The van der Waals surface area contributed by atoms with Crippen LogP contribution in [0.4, 0.5) is 0 Å². The second-order valence-corrected chi connectivity index (χ2v) is 5.05. The minimum Gasteiger partial charge on any atom is -0.338 e. The lowest BCUT2D eigenvalue weighted by Gasteiger charge is -2.19. The van der Waals surface area contributed by atoms with Gasteiger partial charge in [0.1, 0.15) is 0 Å². The Morgan fingerprint density at radius 1 is 1.50 bits per heavy atom. The van der Waals surface area contributed by atoms with E-state index in [0.29, 0.717) is 17.5 Å². The molecule has 16 heavy (non-hydrogen) atoms. The molecule has 2 N–H and O–H groups in total. The van der Waals surface area contributed by atoms with Crippen LogP contribution in [0.1, 0.15) is 5.56 Å². The van der Waals surface area contributed by atoms with Crippen LogP contribution in [0.5, 0.6) is 0 Å². The smallest absolute Gasteiger partial charge is 0.227 e. The normalized spacial score (nSPS) is 31.8. The Hall–Kier alpha value is -1.06. The summed E-state index contributed by atoms with van der Waals surface area (Å²) in [4.78, 5) is 13.7. The number of nitrogens with zero attached hydrogens (tertiary/aromatic N) is 1. The molecule has 0 spiro atoms. The van der Waals surface area contributed by atoms with Crippen molar-refractivity contribution in [2.45, 2.75) is 12.6 Å². The molecular weight excluding hydrogens is 224 g/mol. The lowest BCUT2D eigenvalue weighted by Crippen LogP contribution is -2.32. The third-order valence-corrected chi connectivity index (χ3v) is 3.76. The van der Waals surface area contributed by atoms with E-state index < -0.39 is 0 Å². The van der Waals surface area contributed by atoms with Gasteiger partial charge >= 0.3 is 0 Å². The highest BCUT2D eigenvalue weighted by molar-refractivity contribution is 6.30. The number of carbonyl (C=O) groups is 1. The predicted octanol–water partition coefficient (Wildman–Crippen LogP) is 1.26. The van der Waals surface area contributed by atoms with Gasteiger partial charge in [0.2, 0.25) is 5.91 Å². The van der Waals surface area contributed by atoms with Gasteiger partial charge in [0.05, 0.1) is 5.92 Å². The van der Waals surface area contributed by atoms with Gasteiger partial charge in [0.25, 0.3) is 0 Å². The Kier molecular flexibility index (Phi) is 2.19. The van der Waals surface area contributed by atoms with Gasteiger partial charge in [-0.25, -0.2) is 0 Å². The third kappa shape index (κ3) is 1.51. The van der Waals surface area contributed by atoms with Crippen LogP contribution < -0.4 is 5.73 Å². The molecule has 84 valence electrons. The van der Waals surface area contributed by atoms with Gasteiger partial charge in [-0.05, 0) is 17.7 Å². The first-order chi connectivity index (χ1) is 7.66. The molecule has 1 saturated carbocycles. The number of halogens is 1. The molecule has 1 aliphatic carbocycles. The highest BCUT2D eigenvalue weighted by Gasteiger charge is 2.59. The number of likely N-dealkylation sites (tertiary alicyclic amines) is 1. The molecule has 2 fully saturated rings. The summed E-state index contributed by atoms with van der Waals surface area (Å²) in [6.07, 6.45) is 0. The lowest BCUT2D eigenvalue weighted by atomic mass is 10.2. The van der Waals surface area contributed by atoms with Gasteiger partial charge in [-0.2, -0.15) is 0 Å². The SMILES string of the molecule is NC1C2CN(Cc3cccc(Cl)c3)C(=O)C12. The Morgan fingerprint density at radius 3 is 2.94 bits per heavy atom. The van der Waals surface area contributed by atoms with Gasteiger partial charge < -0.3 is 10.6 Å². The van der Waals surface area contributed by atoms with E-state index in [1.807, 2.05) is 29.2 Å². The van der Waals surface area contributed by atoms with Crippen molar-refractivity contribution >= 4 is 17.5 Å². The van der Waals surface area contributed by atoms with E-state index in [4.69, 9.17) is 17.3 Å². The lowest BCUT2D eigenvalue weighted by molar-refractivity contribution is -0.130. The molecule has 3 nitrogen and oxygen atoms in total. The third-order valence-electron chi connectivity index (χ3n) is 3.52. The fourth-order valence-corrected chi connectivity index (χ4v) is 2.75. The molecule has 2 aliphatic rings. The monoisotopic (exact) mass is 236 g/mol. The molecule has 0 bridgehead atoms. The molecule has 1 aromatic carbocycles. The van der Waals surface area contributed by atoms with Crippen molar-refractivity contribution < 1.29 is 4.79 Å². The van der Waals surface area contributed by atoms with E-state index >= 15 is 0 Å².